The third-order valence-corrected chi connectivity index (χ3v) is 2.67. The quantitative estimate of drug-likeness (QED) is 0.375. The zero-order valence-corrected chi connectivity index (χ0v) is 9.24. The minimum Gasteiger partial charge on any atom is -0.394 e. The second kappa shape index (κ2) is 7.14. The maximum atomic E-state index is 9.53. The fourth-order valence-electron chi connectivity index (χ4n) is 1.28. The Morgan fingerprint density at radius 2 is 1.40 bits per heavy atom. The molecule has 0 aromatic rings. The fraction of sp³-hybridized carbons (Fsp3) is 1.00. The van der Waals surface area contributed by atoms with E-state index in [4.69, 9.17) is 10.2 Å². The van der Waals surface area contributed by atoms with E-state index in [-0.39, 0.29) is 5.92 Å². The summed E-state index contributed by atoms with van der Waals surface area (Å²) in [6.45, 7) is 3.24. The number of hydrogen-bond acceptors (Lipinski definition) is 5. The van der Waals surface area contributed by atoms with Crippen molar-refractivity contribution in [2.45, 2.75) is 51.1 Å². The van der Waals surface area contributed by atoms with E-state index >= 15 is 0 Å². The Bertz CT molecular complexity index is 164. The lowest BCUT2D eigenvalue weighted by Crippen LogP contribution is -2.46. The molecule has 92 valence electrons. The van der Waals surface area contributed by atoms with E-state index in [1.54, 1.807) is 0 Å². The summed E-state index contributed by atoms with van der Waals surface area (Å²) in [6.07, 6.45) is -4.24. The molecule has 5 nitrogen and oxygen atoms in total. The molecule has 0 heterocycles. The molecule has 0 aromatic carbocycles. The fourth-order valence-corrected chi connectivity index (χ4v) is 1.28. The Labute approximate surface area is 90.0 Å². The third kappa shape index (κ3) is 4.90. The van der Waals surface area contributed by atoms with Crippen molar-refractivity contribution in [2.75, 3.05) is 6.61 Å². The molecular formula is C10H22O5. The van der Waals surface area contributed by atoms with E-state index in [0.717, 1.165) is 6.42 Å². The average molecular weight is 222 g/mol. The Morgan fingerprint density at radius 3 is 1.80 bits per heavy atom. The van der Waals surface area contributed by atoms with Crippen molar-refractivity contribution in [1.82, 2.24) is 0 Å². The van der Waals surface area contributed by atoms with E-state index in [2.05, 4.69) is 0 Å². The smallest absolute Gasteiger partial charge is 0.110 e. The summed E-state index contributed by atoms with van der Waals surface area (Å²) >= 11 is 0. The lowest BCUT2D eigenvalue weighted by molar-refractivity contribution is -0.118. The van der Waals surface area contributed by atoms with Gasteiger partial charge in [0.05, 0.1) is 12.7 Å². The van der Waals surface area contributed by atoms with E-state index in [1.165, 1.54) is 0 Å². The van der Waals surface area contributed by atoms with Gasteiger partial charge in [0.1, 0.15) is 18.3 Å². The minimum atomic E-state index is -1.52. The van der Waals surface area contributed by atoms with Crippen LogP contribution in [0.2, 0.25) is 0 Å². The first-order valence-electron chi connectivity index (χ1n) is 5.27. The van der Waals surface area contributed by atoms with Crippen molar-refractivity contribution >= 4 is 0 Å². The van der Waals surface area contributed by atoms with Crippen LogP contribution < -0.4 is 0 Å². The highest BCUT2D eigenvalue weighted by Gasteiger charge is 2.30. The molecule has 0 aliphatic heterocycles. The van der Waals surface area contributed by atoms with E-state index < -0.39 is 31.0 Å². The first-order chi connectivity index (χ1) is 6.93. The highest BCUT2D eigenvalue weighted by atomic mass is 16.4. The van der Waals surface area contributed by atoms with Crippen LogP contribution in [0.4, 0.5) is 0 Å². The van der Waals surface area contributed by atoms with Gasteiger partial charge in [0.25, 0.3) is 0 Å². The second-order valence-electron chi connectivity index (χ2n) is 4.05. The van der Waals surface area contributed by atoms with Crippen LogP contribution in [-0.4, -0.2) is 56.6 Å². The third-order valence-electron chi connectivity index (χ3n) is 2.67. The molecule has 0 aliphatic rings. The van der Waals surface area contributed by atoms with Crippen molar-refractivity contribution in [1.29, 1.82) is 0 Å². The molecule has 5 heteroatoms. The molecule has 0 saturated heterocycles. The predicted octanol–water partition coefficient (Wildman–Crippen LogP) is -1.14. The van der Waals surface area contributed by atoms with Gasteiger partial charge >= 0.3 is 0 Å². The van der Waals surface area contributed by atoms with E-state index in [1.807, 2.05) is 13.8 Å². The summed E-state index contributed by atoms with van der Waals surface area (Å²) in [4.78, 5) is 0. The SMILES string of the molecule is CCC(C)C[C@H](O)[C@@H](O)[C@@H](O)[C@H](O)CO. The van der Waals surface area contributed by atoms with Crippen molar-refractivity contribution < 1.29 is 25.5 Å². The lowest BCUT2D eigenvalue weighted by Gasteiger charge is -2.26. The Balaban J connectivity index is 4.12. The molecule has 5 atom stereocenters. The topological polar surface area (TPSA) is 101 Å². The molecule has 0 radical (unpaired) electrons. The van der Waals surface area contributed by atoms with E-state index in [0.29, 0.717) is 6.42 Å². The number of aliphatic hydroxyl groups is 5. The second-order valence-corrected chi connectivity index (χ2v) is 4.05. The van der Waals surface area contributed by atoms with Gasteiger partial charge in [0.15, 0.2) is 0 Å². The van der Waals surface area contributed by atoms with Crippen LogP contribution in [0.25, 0.3) is 0 Å². The molecule has 1 unspecified atom stereocenters. The summed E-state index contributed by atoms with van der Waals surface area (Å²) in [5, 5.41) is 45.9. The van der Waals surface area contributed by atoms with Crippen molar-refractivity contribution in [3.05, 3.63) is 0 Å². The van der Waals surface area contributed by atoms with Crippen LogP contribution in [0.3, 0.4) is 0 Å². The molecule has 0 saturated carbocycles. The van der Waals surface area contributed by atoms with Crippen molar-refractivity contribution in [2.24, 2.45) is 5.92 Å². The van der Waals surface area contributed by atoms with Gasteiger partial charge in [-0.1, -0.05) is 20.3 Å². The number of rotatable bonds is 7. The standard InChI is InChI=1S/C10H22O5/c1-3-6(2)4-7(12)9(14)10(15)8(13)5-11/h6-15H,3-5H2,1-2H3/t6?,7-,8+,9+,10-/m0/s1. The van der Waals surface area contributed by atoms with Crippen LogP contribution in [0, 0.1) is 5.92 Å². The maximum absolute atomic E-state index is 9.53. The van der Waals surface area contributed by atoms with Gasteiger partial charge in [-0.3, -0.25) is 0 Å². The van der Waals surface area contributed by atoms with Gasteiger partial charge in [0, 0.05) is 0 Å². The van der Waals surface area contributed by atoms with Gasteiger partial charge in [-0.05, 0) is 12.3 Å². The minimum absolute atomic E-state index is 0.230. The predicted molar refractivity (Wildman–Crippen MR) is 55.2 cm³/mol. The van der Waals surface area contributed by atoms with Gasteiger partial charge in [-0.2, -0.15) is 0 Å². The monoisotopic (exact) mass is 222 g/mol. The number of aliphatic hydroxyl groups excluding tert-OH is 5. The zero-order chi connectivity index (χ0) is 12.0. The molecule has 0 amide bonds. The summed E-state index contributed by atoms with van der Waals surface area (Å²) in [5.74, 6) is 0.230. The van der Waals surface area contributed by atoms with Crippen molar-refractivity contribution in [3.63, 3.8) is 0 Å². The first-order valence-corrected chi connectivity index (χ1v) is 5.27. The summed E-state index contributed by atoms with van der Waals surface area (Å²) in [5.41, 5.74) is 0. The number of hydrogen-bond donors (Lipinski definition) is 5. The molecule has 0 rings (SSSR count). The van der Waals surface area contributed by atoms with Gasteiger partial charge in [0.2, 0.25) is 0 Å². The molecule has 5 N–H and O–H groups in total. The molecule has 15 heavy (non-hydrogen) atoms. The molecule has 0 spiro atoms. The van der Waals surface area contributed by atoms with Crippen LogP contribution in [0.1, 0.15) is 26.7 Å². The molecular weight excluding hydrogens is 200 g/mol. The highest BCUT2D eigenvalue weighted by molar-refractivity contribution is 4.81. The van der Waals surface area contributed by atoms with Gasteiger partial charge < -0.3 is 25.5 Å². The summed E-state index contributed by atoms with van der Waals surface area (Å²) < 4.78 is 0. The van der Waals surface area contributed by atoms with Crippen molar-refractivity contribution in [3.8, 4) is 0 Å². The molecule has 0 aromatic heterocycles. The van der Waals surface area contributed by atoms with Gasteiger partial charge in [-0.25, -0.2) is 0 Å². The highest BCUT2D eigenvalue weighted by Crippen LogP contribution is 2.15. The Morgan fingerprint density at radius 1 is 0.933 bits per heavy atom. The summed E-state index contributed by atoms with van der Waals surface area (Å²) in [6, 6.07) is 0. The first kappa shape index (κ1) is 14.8. The van der Waals surface area contributed by atoms with Crippen LogP contribution in [0.15, 0.2) is 0 Å². The normalized spacial score (nSPS) is 21.8. The molecule has 0 bridgehead atoms. The Hall–Kier alpha value is -0.200. The zero-order valence-electron chi connectivity index (χ0n) is 9.24. The van der Waals surface area contributed by atoms with Crippen LogP contribution in [-0.2, 0) is 0 Å². The van der Waals surface area contributed by atoms with Gasteiger partial charge in [-0.15, -0.1) is 0 Å². The van der Waals surface area contributed by atoms with Crippen LogP contribution >= 0.6 is 0 Å². The molecule has 0 aliphatic carbocycles. The average Bonchev–Trinajstić information content (AvgIpc) is 2.25. The largest absolute Gasteiger partial charge is 0.394 e. The molecule has 0 fully saturated rings. The van der Waals surface area contributed by atoms with E-state index in [9.17, 15) is 15.3 Å². The maximum Gasteiger partial charge on any atom is 0.110 e. The van der Waals surface area contributed by atoms with Crippen LogP contribution in [0.5, 0.6) is 0 Å². The summed E-state index contributed by atoms with van der Waals surface area (Å²) in [7, 11) is 0. The Kier molecular flexibility index (Phi) is 7.04. The lowest BCUT2D eigenvalue weighted by atomic mass is 9.94.